The number of hydrazone groups is 1. The van der Waals surface area contributed by atoms with E-state index in [1.165, 1.54) is 14.0 Å². The van der Waals surface area contributed by atoms with Crippen LogP contribution in [0.5, 0.6) is 5.75 Å². The van der Waals surface area contributed by atoms with E-state index in [0.29, 0.717) is 11.4 Å². The van der Waals surface area contributed by atoms with Gasteiger partial charge in [-0.3, -0.25) is 9.10 Å². The fourth-order valence-corrected chi connectivity index (χ4v) is 4.85. The van der Waals surface area contributed by atoms with Gasteiger partial charge in [-0.25, -0.2) is 13.8 Å². The maximum absolute atomic E-state index is 12.7. The van der Waals surface area contributed by atoms with Crippen molar-refractivity contribution in [3.05, 3.63) is 84.4 Å². The van der Waals surface area contributed by atoms with Gasteiger partial charge in [0.05, 0.1) is 24.8 Å². The van der Waals surface area contributed by atoms with Gasteiger partial charge in [0.25, 0.3) is 5.91 Å². The molecule has 0 saturated carbocycles. The molecule has 0 aromatic heterocycles. The summed E-state index contributed by atoms with van der Waals surface area (Å²) in [7, 11) is -2.16. The Bertz CT molecular complexity index is 1410. The second-order valence-corrected chi connectivity index (χ2v) is 9.81. The molecule has 0 heterocycles. The van der Waals surface area contributed by atoms with Crippen molar-refractivity contribution in [2.24, 2.45) is 5.10 Å². The summed E-state index contributed by atoms with van der Waals surface area (Å²) < 4.78 is 31.5. The first-order valence-electron chi connectivity index (χ1n) is 10.8. The molecular formula is C26H25N3O4S. The van der Waals surface area contributed by atoms with E-state index in [2.05, 4.69) is 16.6 Å². The van der Waals surface area contributed by atoms with Crippen molar-refractivity contribution in [2.75, 3.05) is 23.7 Å². The van der Waals surface area contributed by atoms with E-state index in [-0.39, 0.29) is 5.75 Å². The van der Waals surface area contributed by atoms with Gasteiger partial charge in [-0.05, 0) is 58.8 Å². The van der Waals surface area contributed by atoms with Crippen molar-refractivity contribution in [2.45, 2.75) is 6.92 Å². The van der Waals surface area contributed by atoms with Crippen LogP contribution in [0.15, 0.2) is 84.0 Å². The molecule has 4 rings (SSSR count). The van der Waals surface area contributed by atoms with Crippen molar-refractivity contribution in [3.63, 3.8) is 0 Å². The van der Waals surface area contributed by atoms with Crippen molar-refractivity contribution >= 4 is 49.4 Å². The number of carbonyl (C=O) groups is 1. The van der Waals surface area contributed by atoms with Gasteiger partial charge >= 0.3 is 0 Å². The first-order valence-corrected chi connectivity index (χ1v) is 12.4. The molecule has 8 heteroatoms. The van der Waals surface area contributed by atoms with Crippen LogP contribution in [0, 0.1) is 0 Å². The van der Waals surface area contributed by atoms with Gasteiger partial charge < -0.3 is 4.74 Å². The molecule has 0 bridgehead atoms. The Morgan fingerprint density at radius 2 is 1.56 bits per heavy atom. The van der Waals surface area contributed by atoms with E-state index in [0.717, 1.165) is 31.4 Å². The summed E-state index contributed by atoms with van der Waals surface area (Å²) in [5, 5.41) is 8.30. The topological polar surface area (TPSA) is 88.1 Å². The van der Waals surface area contributed by atoms with Crippen LogP contribution >= 0.6 is 0 Å². The molecule has 1 N–H and O–H groups in total. The SMILES string of the molecule is CCS(=O)(=O)N(CC(=O)N/N=C\c1c2ccccc2cc2ccccc12)c1ccc(OC)cc1. The monoisotopic (exact) mass is 475 g/mol. The third kappa shape index (κ3) is 4.87. The lowest BCUT2D eigenvalue weighted by Crippen LogP contribution is -2.40. The summed E-state index contributed by atoms with van der Waals surface area (Å²) in [6, 6.07) is 24.5. The minimum absolute atomic E-state index is 0.141. The molecule has 0 saturated heterocycles. The van der Waals surface area contributed by atoms with E-state index in [1.54, 1.807) is 30.5 Å². The Kier molecular flexibility index (Phi) is 6.79. The minimum atomic E-state index is -3.68. The molecule has 0 radical (unpaired) electrons. The van der Waals surface area contributed by atoms with Crippen LogP contribution in [0.25, 0.3) is 21.5 Å². The highest BCUT2D eigenvalue weighted by molar-refractivity contribution is 7.92. The summed E-state index contributed by atoms with van der Waals surface area (Å²) in [5.74, 6) is -0.0972. The Hall–Kier alpha value is -3.91. The van der Waals surface area contributed by atoms with Crippen LogP contribution in [0.4, 0.5) is 5.69 Å². The zero-order valence-corrected chi connectivity index (χ0v) is 19.7. The molecule has 0 aliphatic carbocycles. The average molecular weight is 476 g/mol. The van der Waals surface area contributed by atoms with Crippen molar-refractivity contribution in [1.29, 1.82) is 0 Å². The Balaban J connectivity index is 1.59. The number of nitrogens with one attached hydrogen (secondary N) is 1. The summed E-state index contributed by atoms with van der Waals surface area (Å²) in [6.45, 7) is 1.14. The number of hydrogen-bond acceptors (Lipinski definition) is 5. The lowest BCUT2D eigenvalue weighted by Gasteiger charge is -2.23. The summed E-state index contributed by atoms with van der Waals surface area (Å²) in [4.78, 5) is 12.7. The maximum Gasteiger partial charge on any atom is 0.260 e. The third-order valence-electron chi connectivity index (χ3n) is 5.54. The van der Waals surface area contributed by atoms with Crippen LogP contribution in [0.1, 0.15) is 12.5 Å². The fraction of sp³-hybridized carbons (Fsp3) is 0.154. The number of sulfonamides is 1. The zero-order valence-electron chi connectivity index (χ0n) is 18.9. The molecule has 7 nitrogen and oxygen atoms in total. The number of nitrogens with zero attached hydrogens (tertiary/aromatic N) is 2. The van der Waals surface area contributed by atoms with Gasteiger partial charge in [-0.2, -0.15) is 5.10 Å². The van der Waals surface area contributed by atoms with Crippen LogP contribution in [0.2, 0.25) is 0 Å². The first-order chi connectivity index (χ1) is 16.4. The highest BCUT2D eigenvalue weighted by atomic mass is 32.2. The summed E-state index contributed by atoms with van der Waals surface area (Å²) in [6.07, 6.45) is 1.61. The van der Waals surface area contributed by atoms with Crippen molar-refractivity contribution in [3.8, 4) is 5.75 Å². The van der Waals surface area contributed by atoms with E-state index in [9.17, 15) is 13.2 Å². The summed E-state index contributed by atoms with van der Waals surface area (Å²) in [5.41, 5.74) is 3.73. The molecule has 4 aromatic rings. The smallest absolute Gasteiger partial charge is 0.260 e. The van der Waals surface area contributed by atoms with Crippen LogP contribution < -0.4 is 14.5 Å². The highest BCUT2D eigenvalue weighted by Gasteiger charge is 2.23. The number of carbonyl (C=O) groups excluding carboxylic acids is 1. The lowest BCUT2D eigenvalue weighted by molar-refractivity contribution is -0.119. The lowest BCUT2D eigenvalue weighted by atomic mass is 9.97. The third-order valence-corrected chi connectivity index (χ3v) is 7.29. The Morgan fingerprint density at radius 1 is 0.971 bits per heavy atom. The van der Waals surface area contributed by atoms with Crippen LogP contribution in [-0.2, 0) is 14.8 Å². The van der Waals surface area contributed by atoms with E-state index in [4.69, 9.17) is 4.74 Å². The molecule has 34 heavy (non-hydrogen) atoms. The van der Waals surface area contributed by atoms with Gasteiger partial charge in [-0.1, -0.05) is 48.5 Å². The second-order valence-electron chi connectivity index (χ2n) is 7.63. The highest BCUT2D eigenvalue weighted by Crippen LogP contribution is 2.27. The predicted octanol–water partition coefficient (Wildman–Crippen LogP) is 4.31. The fourth-order valence-electron chi connectivity index (χ4n) is 3.78. The summed E-state index contributed by atoms with van der Waals surface area (Å²) >= 11 is 0. The number of ether oxygens (including phenoxy) is 1. The van der Waals surface area contributed by atoms with Crippen molar-refractivity contribution in [1.82, 2.24) is 5.43 Å². The van der Waals surface area contributed by atoms with Gasteiger partial charge in [0.2, 0.25) is 10.0 Å². The van der Waals surface area contributed by atoms with Crippen LogP contribution in [-0.4, -0.2) is 39.9 Å². The molecule has 0 spiro atoms. The number of methoxy groups -OCH3 is 1. The molecule has 1 amide bonds. The molecule has 0 aliphatic heterocycles. The molecule has 0 unspecified atom stereocenters. The quantitative estimate of drug-likeness (QED) is 0.234. The van der Waals surface area contributed by atoms with Gasteiger partial charge in [0.15, 0.2) is 0 Å². The van der Waals surface area contributed by atoms with Gasteiger partial charge in [0, 0.05) is 5.56 Å². The first kappa shape index (κ1) is 23.3. The standard InChI is InChI=1S/C26H25N3O4S/c1-3-34(31,32)29(21-12-14-22(33-2)15-13-21)18-26(30)28-27-17-25-23-10-6-4-8-19(23)16-20-9-5-7-11-24(20)25/h4-17H,3,18H2,1-2H3,(H,28,30)/b27-17-. The van der Waals surface area contributed by atoms with E-state index in [1.807, 2.05) is 48.5 Å². The van der Waals surface area contributed by atoms with E-state index < -0.39 is 22.5 Å². The molecule has 174 valence electrons. The van der Waals surface area contributed by atoms with Crippen molar-refractivity contribution < 1.29 is 17.9 Å². The molecular weight excluding hydrogens is 450 g/mol. The molecule has 0 fully saturated rings. The number of amides is 1. The molecule has 0 atom stereocenters. The van der Waals surface area contributed by atoms with Gasteiger partial charge in [0.1, 0.15) is 12.3 Å². The number of hydrogen-bond donors (Lipinski definition) is 1. The molecule has 4 aromatic carbocycles. The average Bonchev–Trinajstić information content (AvgIpc) is 2.87. The van der Waals surface area contributed by atoms with E-state index >= 15 is 0 Å². The van der Waals surface area contributed by atoms with Crippen LogP contribution in [0.3, 0.4) is 0 Å². The molecule has 0 aliphatic rings. The Labute approximate surface area is 198 Å². The number of rotatable bonds is 8. The zero-order chi connectivity index (χ0) is 24.1. The largest absolute Gasteiger partial charge is 0.497 e. The predicted molar refractivity (Wildman–Crippen MR) is 137 cm³/mol. The maximum atomic E-state index is 12.7. The van der Waals surface area contributed by atoms with Gasteiger partial charge in [-0.15, -0.1) is 0 Å². The number of fused-ring (bicyclic) bond motifs is 2. The normalized spacial score (nSPS) is 11.7. The second kappa shape index (κ2) is 9.93. The Morgan fingerprint density at radius 3 is 2.12 bits per heavy atom. The number of anilines is 1. The number of benzene rings is 4. The minimum Gasteiger partial charge on any atom is -0.497 e.